The topological polar surface area (TPSA) is 78.5 Å². The molecular weight excluding hydrogens is 338 g/mol. The van der Waals surface area contributed by atoms with Crippen molar-refractivity contribution in [1.29, 1.82) is 0 Å². The van der Waals surface area contributed by atoms with Gasteiger partial charge in [-0.3, -0.25) is 9.69 Å². The van der Waals surface area contributed by atoms with Crippen LogP contribution in [0.3, 0.4) is 0 Å². The van der Waals surface area contributed by atoms with Crippen LogP contribution in [0.15, 0.2) is 30.3 Å². The predicted molar refractivity (Wildman–Crippen MR) is 99.7 cm³/mol. The van der Waals surface area contributed by atoms with E-state index < -0.39 is 10.0 Å². The van der Waals surface area contributed by atoms with Crippen molar-refractivity contribution in [2.75, 3.05) is 32.4 Å². The van der Waals surface area contributed by atoms with E-state index in [0.717, 1.165) is 19.3 Å². The van der Waals surface area contributed by atoms with Gasteiger partial charge in [-0.1, -0.05) is 43.2 Å². The zero-order chi connectivity index (χ0) is 18.1. The molecule has 1 aromatic rings. The molecule has 2 rings (SSSR count). The van der Waals surface area contributed by atoms with Gasteiger partial charge in [0, 0.05) is 19.5 Å². The lowest BCUT2D eigenvalue weighted by molar-refractivity contribution is -0.121. The summed E-state index contributed by atoms with van der Waals surface area (Å²) in [4.78, 5) is 14.5. The van der Waals surface area contributed by atoms with Crippen LogP contribution in [0, 0.1) is 0 Å². The summed E-state index contributed by atoms with van der Waals surface area (Å²) < 4.78 is 24.5. The molecule has 25 heavy (non-hydrogen) atoms. The van der Waals surface area contributed by atoms with E-state index in [4.69, 9.17) is 0 Å². The van der Waals surface area contributed by atoms with Gasteiger partial charge in [-0.05, 0) is 31.5 Å². The van der Waals surface area contributed by atoms with Crippen molar-refractivity contribution in [2.24, 2.45) is 0 Å². The highest BCUT2D eigenvalue weighted by Gasteiger charge is 2.22. The van der Waals surface area contributed by atoms with Crippen LogP contribution in [-0.4, -0.2) is 51.7 Å². The number of carbonyl (C=O) groups is 1. The van der Waals surface area contributed by atoms with Gasteiger partial charge in [-0.25, -0.2) is 13.1 Å². The average Bonchev–Trinajstić information content (AvgIpc) is 2.84. The van der Waals surface area contributed by atoms with E-state index in [1.807, 2.05) is 18.2 Å². The molecule has 2 N–H and O–H groups in total. The number of benzene rings is 1. The number of carbonyl (C=O) groups excluding carboxylic acids is 1. The van der Waals surface area contributed by atoms with Crippen LogP contribution < -0.4 is 10.0 Å². The molecule has 6 nitrogen and oxygen atoms in total. The molecule has 0 spiro atoms. The summed E-state index contributed by atoms with van der Waals surface area (Å²) in [5.74, 6) is -0.132. The molecule has 0 radical (unpaired) electrons. The molecule has 140 valence electrons. The molecule has 1 aliphatic heterocycles. The van der Waals surface area contributed by atoms with Crippen molar-refractivity contribution >= 4 is 15.9 Å². The monoisotopic (exact) mass is 367 g/mol. The first-order valence-corrected chi connectivity index (χ1v) is 10.9. The Kier molecular flexibility index (Phi) is 7.87. The Morgan fingerprint density at radius 2 is 1.76 bits per heavy atom. The largest absolute Gasteiger partial charge is 0.354 e. The van der Waals surface area contributed by atoms with Gasteiger partial charge in [0.2, 0.25) is 15.9 Å². The first kappa shape index (κ1) is 19.9. The molecule has 0 aliphatic carbocycles. The second kappa shape index (κ2) is 9.89. The molecule has 1 aliphatic rings. The molecule has 0 bridgehead atoms. The Morgan fingerprint density at radius 3 is 2.36 bits per heavy atom. The van der Waals surface area contributed by atoms with Crippen molar-refractivity contribution in [3.05, 3.63) is 35.9 Å². The van der Waals surface area contributed by atoms with Crippen molar-refractivity contribution in [3.8, 4) is 0 Å². The summed E-state index contributed by atoms with van der Waals surface area (Å²) in [5, 5.41) is 2.97. The fourth-order valence-corrected chi connectivity index (χ4v) is 3.66. The minimum atomic E-state index is -3.25. The highest BCUT2D eigenvalue weighted by Crippen LogP contribution is 2.23. The van der Waals surface area contributed by atoms with Gasteiger partial charge in [-0.15, -0.1) is 0 Å². The van der Waals surface area contributed by atoms with Gasteiger partial charge in [0.1, 0.15) is 0 Å². The number of hydrogen-bond acceptors (Lipinski definition) is 4. The minimum absolute atomic E-state index is 0.129. The van der Waals surface area contributed by atoms with Crippen LogP contribution in [0.4, 0.5) is 0 Å². The third-order valence-electron chi connectivity index (χ3n) is 4.47. The molecule has 1 amide bonds. The Hall–Kier alpha value is -1.44. The Labute approximate surface area is 151 Å². The first-order chi connectivity index (χ1) is 12.0. The van der Waals surface area contributed by atoms with E-state index in [1.54, 1.807) is 0 Å². The van der Waals surface area contributed by atoms with Gasteiger partial charge in [0.25, 0.3) is 0 Å². The second-order valence-electron chi connectivity index (χ2n) is 6.60. The van der Waals surface area contributed by atoms with Gasteiger partial charge >= 0.3 is 0 Å². The zero-order valence-corrected chi connectivity index (χ0v) is 15.7. The second-order valence-corrected chi connectivity index (χ2v) is 8.43. The van der Waals surface area contributed by atoms with Crippen molar-refractivity contribution in [3.63, 3.8) is 0 Å². The number of sulfonamides is 1. The molecule has 1 saturated heterocycles. The molecule has 1 atom stereocenters. The molecule has 0 unspecified atom stereocenters. The molecule has 1 fully saturated rings. The number of likely N-dealkylation sites (tertiary alicyclic amines) is 1. The lowest BCUT2D eigenvalue weighted by Crippen LogP contribution is -2.39. The number of nitrogens with one attached hydrogen (secondary N) is 2. The fraction of sp³-hybridized carbons (Fsp3) is 0.611. The number of rotatable bonds is 8. The first-order valence-electron chi connectivity index (χ1n) is 8.96. The summed E-state index contributed by atoms with van der Waals surface area (Å²) in [7, 11) is -3.25. The highest BCUT2D eigenvalue weighted by molar-refractivity contribution is 7.88. The number of nitrogens with zero attached hydrogens (tertiary/aromatic N) is 1. The molecule has 0 aromatic heterocycles. The third kappa shape index (κ3) is 7.54. The van der Waals surface area contributed by atoms with Gasteiger partial charge in [0.15, 0.2) is 0 Å². The van der Waals surface area contributed by atoms with Gasteiger partial charge < -0.3 is 5.32 Å². The molecule has 1 heterocycles. The zero-order valence-electron chi connectivity index (χ0n) is 14.9. The molecule has 1 aromatic carbocycles. The van der Waals surface area contributed by atoms with E-state index in [2.05, 4.69) is 27.1 Å². The number of hydrogen-bond donors (Lipinski definition) is 2. The van der Waals surface area contributed by atoms with Crippen molar-refractivity contribution in [1.82, 2.24) is 14.9 Å². The van der Waals surface area contributed by atoms with E-state index in [0.29, 0.717) is 6.54 Å². The summed E-state index contributed by atoms with van der Waals surface area (Å²) in [5.41, 5.74) is 1.21. The predicted octanol–water partition coefficient (Wildman–Crippen LogP) is 1.66. The maximum atomic E-state index is 12.1. The average molecular weight is 368 g/mol. The van der Waals surface area contributed by atoms with Crippen molar-refractivity contribution < 1.29 is 13.2 Å². The highest BCUT2D eigenvalue weighted by atomic mass is 32.2. The van der Waals surface area contributed by atoms with Crippen LogP contribution >= 0.6 is 0 Å². The van der Waals surface area contributed by atoms with E-state index >= 15 is 0 Å². The SMILES string of the molecule is CS(=O)(=O)NCCC(=O)NC[C@@H](c1ccccc1)N1CCCCCC1. The number of amides is 1. The maximum Gasteiger partial charge on any atom is 0.221 e. The summed E-state index contributed by atoms with van der Waals surface area (Å²) >= 11 is 0. The van der Waals surface area contributed by atoms with Crippen LogP contribution in [0.5, 0.6) is 0 Å². The minimum Gasteiger partial charge on any atom is -0.354 e. The Balaban J connectivity index is 1.93. The Bertz CT molecular complexity index is 626. The summed E-state index contributed by atoms with van der Waals surface area (Å²) in [6, 6.07) is 10.4. The van der Waals surface area contributed by atoms with Gasteiger partial charge in [0.05, 0.1) is 12.3 Å². The molecular formula is C18H29N3O3S. The van der Waals surface area contributed by atoms with Crippen LogP contribution in [0.2, 0.25) is 0 Å². The molecule has 0 saturated carbocycles. The third-order valence-corrected chi connectivity index (χ3v) is 5.20. The van der Waals surface area contributed by atoms with E-state index in [-0.39, 0.29) is 24.9 Å². The van der Waals surface area contributed by atoms with Crippen molar-refractivity contribution in [2.45, 2.75) is 38.1 Å². The van der Waals surface area contributed by atoms with Crippen LogP contribution in [-0.2, 0) is 14.8 Å². The Morgan fingerprint density at radius 1 is 1.12 bits per heavy atom. The molecule has 7 heteroatoms. The maximum absolute atomic E-state index is 12.1. The van der Waals surface area contributed by atoms with Gasteiger partial charge in [-0.2, -0.15) is 0 Å². The lowest BCUT2D eigenvalue weighted by atomic mass is 10.0. The smallest absolute Gasteiger partial charge is 0.221 e. The van der Waals surface area contributed by atoms with E-state index in [9.17, 15) is 13.2 Å². The quantitative estimate of drug-likeness (QED) is 0.732. The normalized spacial score (nSPS) is 17.6. The van der Waals surface area contributed by atoms with Crippen LogP contribution in [0.25, 0.3) is 0 Å². The standard InChI is InChI=1S/C18H29N3O3S/c1-25(23,24)20-12-11-18(22)19-15-17(16-9-5-4-6-10-16)21-13-7-2-3-8-14-21/h4-6,9-10,17,20H,2-3,7-8,11-15H2,1H3,(H,19,22)/t17-/m0/s1. The summed E-state index contributed by atoms with van der Waals surface area (Å²) in [6.07, 6.45) is 6.15. The van der Waals surface area contributed by atoms with E-state index in [1.165, 1.54) is 31.2 Å². The lowest BCUT2D eigenvalue weighted by Gasteiger charge is -2.31. The summed E-state index contributed by atoms with van der Waals surface area (Å²) in [6.45, 7) is 2.77. The van der Waals surface area contributed by atoms with Crippen LogP contribution in [0.1, 0.15) is 43.7 Å². The fourth-order valence-electron chi connectivity index (χ4n) is 3.19.